The summed E-state index contributed by atoms with van der Waals surface area (Å²) in [5, 5.41) is 44.6. The number of allylic oxidation sites excluding steroid dienone is 1. The molecule has 0 aromatic heterocycles. The summed E-state index contributed by atoms with van der Waals surface area (Å²) in [7, 11) is 0. The van der Waals surface area contributed by atoms with Gasteiger partial charge in [-0.2, -0.15) is 0 Å². The molecule has 0 saturated heterocycles. The maximum atomic E-state index is 11.6. The molecule has 10 atom stereocenters. The van der Waals surface area contributed by atoms with Crippen LogP contribution < -0.4 is 0 Å². The molecule has 3 fully saturated rings. The fourth-order valence-corrected chi connectivity index (χ4v) is 8.74. The second kappa shape index (κ2) is 8.11. The smallest absolute Gasteiger partial charge is 0.0678 e. The van der Waals surface area contributed by atoms with Crippen LogP contribution in [0.5, 0.6) is 0 Å². The summed E-state index contributed by atoms with van der Waals surface area (Å²) >= 11 is 0. The summed E-state index contributed by atoms with van der Waals surface area (Å²) < 4.78 is 0. The van der Waals surface area contributed by atoms with Crippen molar-refractivity contribution >= 4 is 0 Å². The van der Waals surface area contributed by atoms with Crippen LogP contribution in [0.25, 0.3) is 0 Å². The van der Waals surface area contributed by atoms with E-state index in [1.807, 2.05) is 6.92 Å². The van der Waals surface area contributed by atoms with Crippen LogP contribution in [-0.2, 0) is 0 Å². The third-order valence-corrected chi connectivity index (χ3v) is 10.4. The Kier molecular flexibility index (Phi) is 6.21. The molecular weight excluding hydrogens is 388 g/mol. The van der Waals surface area contributed by atoms with Crippen molar-refractivity contribution in [3.8, 4) is 0 Å². The number of aliphatic hydroxyl groups is 4. The summed E-state index contributed by atoms with van der Waals surface area (Å²) in [4.78, 5) is 0. The van der Waals surface area contributed by atoms with E-state index in [9.17, 15) is 20.4 Å². The van der Waals surface area contributed by atoms with Crippen LogP contribution in [0.1, 0.15) is 92.4 Å². The minimum atomic E-state index is -0.972. The Balaban J connectivity index is 1.62. The normalized spacial score (nSPS) is 49.1. The summed E-state index contributed by atoms with van der Waals surface area (Å²) in [6.07, 6.45) is 8.76. The summed E-state index contributed by atoms with van der Waals surface area (Å²) in [6, 6.07) is 0. The molecule has 4 heteroatoms. The quantitative estimate of drug-likeness (QED) is 0.482. The van der Waals surface area contributed by atoms with Gasteiger partial charge in [-0.3, -0.25) is 0 Å². The van der Waals surface area contributed by atoms with Gasteiger partial charge in [-0.05, 0) is 81.0 Å². The van der Waals surface area contributed by atoms with Crippen LogP contribution in [0, 0.1) is 40.4 Å². The first-order valence-corrected chi connectivity index (χ1v) is 12.9. The average Bonchev–Trinajstić information content (AvgIpc) is 2.95. The third kappa shape index (κ3) is 3.74. The number of hydrogen-bond donors (Lipinski definition) is 4. The van der Waals surface area contributed by atoms with Crippen molar-refractivity contribution in [1.29, 1.82) is 0 Å². The van der Waals surface area contributed by atoms with E-state index < -0.39 is 23.2 Å². The van der Waals surface area contributed by atoms with E-state index in [0.717, 1.165) is 44.9 Å². The van der Waals surface area contributed by atoms with Crippen LogP contribution in [0.15, 0.2) is 11.6 Å². The topological polar surface area (TPSA) is 80.9 Å². The van der Waals surface area contributed by atoms with Gasteiger partial charge < -0.3 is 20.4 Å². The molecular formula is C27H46O4. The van der Waals surface area contributed by atoms with E-state index in [4.69, 9.17) is 0 Å². The Bertz CT molecular complexity index is 699. The molecule has 4 aliphatic rings. The lowest BCUT2D eigenvalue weighted by Crippen LogP contribution is -2.59. The van der Waals surface area contributed by atoms with Crippen molar-refractivity contribution in [3.05, 3.63) is 11.6 Å². The van der Waals surface area contributed by atoms with Gasteiger partial charge in [-0.1, -0.05) is 52.2 Å². The Hall–Kier alpha value is -0.420. The molecule has 4 aliphatic carbocycles. The van der Waals surface area contributed by atoms with Gasteiger partial charge in [0.1, 0.15) is 0 Å². The summed E-state index contributed by atoms with van der Waals surface area (Å²) in [5.41, 5.74) is 0.00432. The van der Waals surface area contributed by atoms with E-state index in [0.29, 0.717) is 30.6 Å². The minimum absolute atomic E-state index is 0.0489. The molecule has 0 heterocycles. The van der Waals surface area contributed by atoms with Crippen LogP contribution >= 0.6 is 0 Å². The predicted molar refractivity (Wildman–Crippen MR) is 123 cm³/mol. The fourth-order valence-electron chi connectivity index (χ4n) is 8.74. The maximum absolute atomic E-state index is 11.6. The lowest BCUT2D eigenvalue weighted by molar-refractivity contribution is -0.174. The largest absolute Gasteiger partial charge is 0.393 e. The Morgan fingerprint density at radius 3 is 2.52 bits per heavy atom. The summed E-state index contributed by atoms with van der Waals surface area (Å²) in [6.45, 7) is 10.8. The second-order valence-corrected chi connectivity index (χ2v) is 12.7. The lowest BCUT2D eigenvalue weighted by Gasteiger charge is -2.60. The molecule has 31 heavy (non-hydrogen) atoms. The number of aliphatic hydroxyl groups excluding tert-OH is 3. The Morgan fingerprint density at radius 2 is 1.84 bits per heavy atom. The van der Waals surface area contributed by atoms with Gasteiger partial charge in [-0.25, -0.2) is 0 Å². The average molecular weight is 435 g/mol. The van der Waals surface area contributed by atoms with Gasteiger partial charge in [0.05, 0.1) is 23.9 Å². The standard InChI is InChI=1S/C27H46O4/c1-16(2)7-6-11-26(4,31)24-22(29)14-21-19-9-8-17-13-18(28)10-12-25(17,3)20(19)15-23(30)27(21,24)5/h8,16,18-24,28-31H,6-7,9-15H2,1-5H3. The van der Waals surface area contributed by atoms with E-state index in [1.54, 1.807) is 0 Å². The van der Waals surface area contributed by atoms with Gasteiger partial charge >= 0.3 is 0 Å². The van der Waals surface area contributed by atoms with Crippen LogP contribution in [-0.4, -0.2) is 44.3 Å². The SMILES string of the molecule is CC(C)CCCC(C)(O)C1C(O)CC2C3CC=C4CC(O)CCC4(C)C3CC(O)C21C. The highest BCUT2D eigenvalue weighted by Crippen LogP contribution is 2.67. The van der Waals surface area contributed by atoms with E-state index in [1.165, 1.54) is 5.57 Å². The second-order valence-electron chi connectivity index (χ2n) is 12.7. The first-order valence-electron chi connectivity index (χ1n) is 12.9. The Labute approximate surface area is 189 Å². The zero-order valence-corrected chi connectivity index (χ0v) is 20.3. The van der Waals surface area contributed by atoms with Crippen molar-refractivity contribution in [2.24, 2.45) is 40.4 Å². The molecule has 0 amide bonds. The van der Waals surface area contributed by atoms with Crippen LogP contribution in [0.3, 0.4) is 0 Å². The first-order chi connectivity index (χ1) is 14.4. The molecule has 4 N–H and O–H groups in total. The molecule has 0 aromatic rings. The van der Waals surface area contributed by atoms with Gasteiger partial charge in [0, 0.05) is 11.3 Å². The lowest BCUT2D eigenvalue weighted by atomic mass is 9.46. The van der Waals surface area contributed by atoms with E-state index in [2.05, 4.69) is 33.8 Å². The highest BCUT2D eigenvalue weighted by molar-refractivity contribution is 5.27. The van der Waals surface area contributed by atoms with Gasteiger partial charge in [0.25, 0.3) is 0 Å². The van der Waals surface area contributed by atoms with Gasteiger partial charge in [-0.15, -0.1) is 0 Å². The van der Waals surface area contributed by atoms with Crippen molar-refractivity contribution in [2.75, 3.05) is 0 Å². The molecule has 3 saturated carbocycles. The van der Waals surface area contributed by atoms with Crippen molar-refractivity contribution in [2.45, 2.75) is 116 Å². The van der Waals surface area contributed by atoms with Crippen molar-refractivity contribution in [3.63, 3.8) is 0 Å². The molecule has 0 spiro atoms. The molecule has 0 bridgehead atoms. The predicted octanol–water partition coefficient (Wildman–Crippen LogP) is 4.45. The number of hydrogen-bond acceptors (Lipinski definition) is 4. The van der Waals surface area contributed by atoms with Crippen LogP contribution in [0.2, 0.25) is 0 Å². The molecule has 178 valence electrons. The third-order valence-electron chi connectivity index (χ3n) is 10.4. The molecule has 0 aromatic carbocycles. The molecule has 4 nitrogen and oxygen atoms in total. The summed E-state index contributed by atoms with van der Waals surface area (Å²) in [5.74, 6) is 1.36. The fraction of sp³-hybridized carbons (Fsp3) is 0.926. The van der Waals surface area contributed by atoms with Crippen molar-refractivity contribution < 1.29 is 20.4 Å². The number of rotatable bonds is 5. The zero-order valence-electron chi connectivity index (χ0n) is 20.3. The molecule has 10 unspecified atom stereocenters. The minimum Gasteiger partial charge on any atom is -0.393 e. The molecule has 4 rings (SSSR count). The highest BCUT2D eigenvalue weighted by Gasteiger charge is 2.67. The number of fused-ring (bicyclic) bond motifs is 5. The zero-order chi connectivity index (χ0) is 22.8. The van der Waals surface area contributed by atoms with Crippen molar-refractivity contribution in [1.82, 2.24) is 0 Å². The molecule has 0 radical (unpaired) electrons. The monoisotopic (exact) mass is 434 g/mol. The van der Waals surface area contributed by atoms with E-state index >= 15 is 0 Å². The van der Waals surface area contributed by atoms with Gasteiger partial charge in [0.15, 0.2) is 0 Å². The Morgan fingerprint density at radius 1 is 1.13 bits per heavy atom. The molecule has 0 aliphatic heterocycles. The van der Waals surface area contributed by atoms with E-state index in [-0.39, 0.29) is 23.4 Å². The first kappa shape index (κ1) is 23.7. The maximum Gasteiger partial charge on any atom is 0.0678 e. The highest BCUT2D eigenvalue weighted by atomic mass is 16.3. The van der Waals surface area contributed by atoms with Crippen LogP contribution in [0.4, 0.5) is 0 Å². The van der Waals surface area contributed by atoms with Gasteiger partial charge in [0.2, 0.25) is 0 Å².